The highest BCUT2D eigenvalue weighted by atomic mass is 16.3. The summed E-state index contributed by atoms with van der Waals surface area (Å²) in [5, 5.41) is 21.1. The molecule has 0 radical (unpaired) electrons. The number of nitrogens with zero attached hydrogens (tertiary/aromatic N) is 1. The summed E-state index contributed by atoms with van der Waals surface area (Å²) in [6.07, 6.45) is 1.04. The van der Waals surface area contributed by atoms with Crippen molar-refractivity contribution in [3.05, 3.63) is 26.4 Å². The van der Waals surface area contributed by atoms with Gasteiger partial charge in [-0.2, -0.15) is 5.10 Å². The van der Waals surface area contributed by atoms with Crippen LogP contribution in [0.4, 0.5) is 0 Å². The molecule has 8 nitrogen and oxygen atoms in total. The number of aliphatic hydroxyl groups is 1. The van der Waals surface area contributed by atoms with Gasteiger partial charge in [-0.25, -0.2) is 4.79 Å². The lowest BCUT2D eigenvalue weighted by molar-refractivity contribution is 0.294. The maximum atomic E-state index is 11.1. The average molecular weight is 214 g/mol. The monoisotopic (exact) mass is 214 g/mol. The Bertz CT molecular complexity index is 461. The van der Waals surface area contributed by atoms with E-state index in [-0.39, 0.29) is 18.7 Å². The quantitative estimate of drug-likeness (QED) is 0.218. The molecule has 0 bridgehead atoms. The summed E-state index contributed by atoms with van der Waals surface area (Å²) in [6.45, 7) is 0.115. The number of hydrazone groups is 1. The van der Waals surface area contributed by atoms with Crippen molar-refractivity contribution >= 4 is 6.21 Å². The first-order chi connectivity index (χ1) is 7.15. The standard InChI is InChI=1S/C7H10N4O4/c12-2-1-8-9-3-4-5(13)10-7(15)11-6(4)14/h3,8,12H,1-2H2,(H3,10,11,13,14,15). The minimum atomic E-state index is -0.794. The fraction of sp³-hybridized carbons (Fsp3) is 0.286. The van der Waals surface area contributed by atoms with Crippen LogP contribution >= 0.6 is 0 Å². The van der Waals surface area contributed by atoms with E-state index < -0.39 is 17.1 Å². The van der Waals surface area contributed by atoms with Crippen molar-refractivity contribution in [2.45, 2.75) is 0 Å². The molecule has 0 aliphatic heterocycles. The second-order valence-corrected chi connectivity index (χ2v) is 2.56. The molecule has 0 fully saturated rings. The number of aromatic amines is 2. The van der Waals surface area contributed by atoms with Gasteiger partial charge >= 0.3 is 5.69 Å². The molecule has 0 atom stereocenters. The molecule has 1 heterocycles. The largest absolute Gasteiger partial charge is 0.494 e. The van der Waals surface area contributed by atoms with E-state index in [0.29, 0.717) is 0 Å². The van der Waals surface area contributed by atoms with Crippen LogP contribution in [0, 0.1) is 0 Å². The van der Waals surface area contributed by atoms with E-state index in [1.165, 1.54) is 0 Å². The van der Waals surface area contributed by atoms with Crippen LogP contribution in [0.1, 0.15) is 5.56 Å². The molecule has 0 unspecified atom stereocenters. The maximum absolute atomic E-state index is 11.1. The molecule has 0 aromatic carbocycles. The van der Waals surface area contributed by atoms with Crippen LogP contribution in [0.15, 0.2) is 14.7 Å². The molecule has 0 aliphatic carbocycles. The van der Waals surface area contributed by atoms with Gasteiger partial charge in [-0.1, -0.05) is 0 Å². The first-order valence-electron chi connectivity index (χ1n) is 4.07. The average Bonchev–Trinajstić information content (AvgIpc) is 2.15. The molecule has 0 amide bonds. The van der Waals surface area contributed by atoms with Gasteiger partial charge < -0.3 is 15.6 Å². The summed E-state index contributed by atoms with van der Waals surface area (Å²) in [6, 6.07) is 0. The van der Waals surface area contributed by atoms with Crippen molar-refractivity contribution in [1.29, 1.82) is 0 Å². The Kier molecular flexibility index (Phi) is 3.63. The van der Waals surface area contributed by atoms with E-state index >= 15 is 0 Å². The summed E-state index contributed by atoms with van der Waals surface area (Å²) >= 11 is 0. The summed E-state index contributed by atoms with van der Waals surface area (Å²) < 4.78 is 0. The molecule has 15 heavy (non-hydrogen) atoms. The first kappa shape index (κ1) is 11.0. The second kappa shape index (κ2) is 4.96. The van der Waals surface area contributed by atoms with Crippen LogP contribution < -0.4 is 16.7 Å². The van der Waals surface area contributed by atoms with Gasteiger partial charge in [0.05, 0.1) is 19.4 Å². The molecule has 1 aromatic rings. The van der Waals surface area contributed by atoms with E-state index in [4.69, 9.17) is 5.11 Å². The Morgan fingerprint density at radius 1 is 1.40 bits per heavy atom. The molecule has 1 rings (SSSR count). The van der Waals surface area contributed by atoms with Gasteiger partial charge in [0.1, 0.15) is 5.56 Å². The van der Waals surface area contributed by atoms with Gasteiger partial charge in [0.2, 0.25) is 5.88 Å². The molecule has 5 N–H and O–H groups in total. The van der Waals surface area contributed by atoms with Crippen LogP contribution in [0.2, 0.25) is 0 Å². The lowest BCUT2D eigenvalue weighted by Crippen LogP contribution is -2.25. The Morgan fingerprint density at radius 2 is 2.13 bits per heavy atom. The molecule has 0 saturated carbocycles. The normalized spacial score (nSPS) is 10.7. The van der Waals surface area contributed by atoms with E-state index in [1.807, 2.05) is 9.97 Å². The number of hydrogen-bond acceptors (Lipinski definition) is 6. The third-order valence-electron chi connectivity index (χ3n) is 1.47. The predicted octanol–water partition coefficient (Wildman–Crippen LogP) is -2.32. The van der Waals surface area contributed by atoms with Crippen LogP contribution in [0.25, 0.3) is 0 Å². The molecular formula is C7H10N4O4. The Labute approximate surface area is 83.3 Å². The zero-order valence-corrected chi connectivity index (χ0v) is 7.65. The fourth-order valence-corrected chi connectivity index (χ4v) is 0.829. The smallest absolute Gasteiger partial charge is 0.328 e. The maximum Gasteiger partial charge on any atom is 0.328 e. The van der Waals surface area contributed by atoms with Crippen LogP contribution in [0.3, 0.4) is 0 Å². The van der Waals surface area contributed by atoms with Crippen LogP contribution in [0.5, 0.6) is 5.88 Å². The minimum Gasteiger partial charge on any atom is -0.494 e. The molecule has 8 heteroatoms. The van der Waals surface area contributed by atoms with Gasteiger partial charge in [0.15, 0.2) is 0 Å². The van der Waals surface area contributed by atoms with Crippen molar-refractivity contribution in [3.8, 4) is 5.88 Å². The van der Waals surface area contributed by atoms with Crippen molar-refractivity contribution in [2.75, 3.05) is 13.2 Å². The molecule has 0 saturated heterocycles. The third-order valence-corrected chi connectivity index (χ3v) is 1.47. The predicted molar refractivity (Wildman–Crippen MR) is 52.0 cm³/mol. The topological polar surface area (TPSA) is 131 Å². The summed E-state index contributed by atoms with van der Waals surface area (Å²) in [7, 11) is 0. The zero-order valence-electron chi connectivity index (χ0n) is 7.65. The highest BCUT2D eigenvalue weighted by Crippen LogP contribution is 2.00. The number of aromatic nitrogens is 2. The molecule has 1 aromatic heterocycles. The van der Waals surface area contributed by atoms with Crippen molar-refractivity contribution < 1.29 is 10.2 Å². The molecule has 0 spiro atoms. The van der Waals surface area contributed by atoms with Gasteiger partial charge in [0, 0.05) is 0 Å². The minimum absolute atomic E-state index is 0.106. The number of hydrogen-bond donors (Lipinski definition) is 5. The Hall–Kier alpha value is -2.09. The van der Waals surface area contributed by atoms with E-state index in [2.05, 4.69) is 10.5 Å². The highest BCUT2D eigenvalue weighted by Gasteiger charge is 2.04. The Morgan fingerprint density at radius 3 is 2.73 bits per heavy atom. The van der Waals surface area contributed by atoms with Crippen LogP contribution in [-0.2, 0) is 0 Å². The molecule has 82 valence electrons. The number of rotatable bonds is 4. The van der Waals surface area contributed by atoms with Crippen molar-refractivity contribution in [2.24, 2.45) is 5.10 Å². The second-order valence-electron chi connectivity index (χ2n) is 2.56. The van der Waals surface area contributed by atoms with E-state index in [0.717, 1.165) is 6.21 Å². The van der Waals surface area contributed by atoms with Crippen molar-refractivity contribution in [1.82, 2.24) is 15.4 Å². The number of nitrogens with one attached hydrogen (secondary N) is 3. The molecular weight excluding hydrogens is 204 g/mol. The number of aliphatic hydroxyl groups excluding tert-OH is 1. The van der Waals surface area contributed by atoms with Gasteiger partial charge in [-0.3, -0.25) is 14.8 Å². The van der Waals surface area contributed by atoms with E-state index in [9.17, 15) is 14.7 Å². The molecule has 0 aliphatic rings. The summed E-state index contributed by atoms with van der Waals surface area (Å²) in [4.78, 5) is 25.7. The van der Waals surface area contributed by atoms with Crippen LogP contribution in [-0.4, -0.2) is 39.5 Å². The zero-order chi connectivity index (χ0) is 11.3. The lowest BCUT2D eigenvalue weighted by atomic mass is 10.3. The lowest BCUT2D eigenvalue weighted by Gasteiger charge is -1.96. The third kappa shape index (κ3) is 2.95. The van der Waals surface area contributed by atoms with Gasteiger partial charge in [0.25, 0.3) is 5.56 Å². The highest BCUT2D eigenvalue weighted by molar-refractivity contribution is 5.81. The van der Waals surface area contributed by atoms with Gasteiger partial charge in [-0.15, -0.1) is 0 Å². The van der Waals surface area contributed by atoms with Gasteiger partial charge in [-0.05, 0) is 0 Å². The SMILES string of the molecule is O=c1[nH]c(O)c(C=NNCCO)c(=O)[nH]1. The fourth-order valence-electron chi connectivity index (χ4n) is 0.829. The number of aromatic hydroxyl groups is 1. The summed E-state index contributed by atoms with van der Waals surface area (Å²) in [5.74, 6) is -0.557. The first-order valence-corrected chi connectivity index (χ1v) is 4.07. The van der Waals surface area contributed by atoms with E-state index in [1.54, 1.807) is 0 Å². The number of H-pyrrole nitrogens is 2. The summed E-state index contributed by atoms with van der Waals surface area (Å²) in [5.41, 5.74) is 0.711. The Balaban J connectivity index is 2.90. The van der Waals surface area contributed by atoms with Crippen molar-refractivity contribution in [3.63, 3.8) is 0 Å².